The Balaban J connectivity index is 0.000000275. The summed E-state index contributed by atoms with van der Waals surface area (Å²) in [4.78, 5) is 147. The lowest BCUT2D eigenvalue weighted by molar-refractivity contribution is 0.111. The molecule has 758 valence electrons. The Morgan fingerprint density at radius 2 is 0.709 bits per heavy atom. The Bertz CT molecular complexity index is 7140. The minimum atomic E-state index is -0.575. The second kappa shape index (κ2) is 58.9. The smallest absolute Gasteiger partial charge is 0.332 e. The van der Waals surface area contributed by atoms with Crippen LogP contribution in [0.5, 0.6) is 29.3 Å². The number of aldehydes is 2. The standard InChI is InChI=1S/C27H32ClN5O4.C25H25ClN4O5.C18H20Cl2N4O3.C15H14Cl2N4O3.C7H6O2.C3H7I.CH5N.CH4.2ClH/c1-4-13-31-24-23(25(35)32(27(31)36)14-6-15-34)33(18-19-9-11-21(28)12-10-19)26(29-24)37-22-8-5-7-20(16-22)17-30(2)3;1-2-11-28-22-21(23(33)29(25(28)34)12-4-13-31)30(15-17-7-9-19(26)10-8-17)24(27-22)35-20-6-3-5-18(14-20)16-32;1-2-8-22-15-14(16(26)23(18(22)27)9-3-10-25)24(17(20)21-15)11-12-4-6-13(19)7-5-12;16-10-4-2-9(3-5-10)8-21-11-12(18-14(21)17)19-15(24)20(13(11)23)6-1-7-22;8-5-6-2-1-3-7(9)4-6;1-2-3-4;1-2;;;/h5,7-12,16,34H,4,6,13-15,17-18H2,1-3H3;3,5-10,14,16,31H,2,4,11-13,15H2,1H3;4-7,25H,2-3,8-11H2,1H3;2-5,22H,1,6-8H2,(H,19,24);1-5,9H;2-3H2,1H3;2H2,1H3;1H4;2*1H. The molecule has 0 spiro atoms. The molecular formula is C97H115Cl8IN18O17. The first-order valence-corrected chi connectivity index (χ1v) is 48.0. The third kappa shape index (κ3) is 31.3. The maximum atomic E-state index is 13.6. The third-order valence-electron chi connectivity index (χ3n) is 20.6. The second-order valence-corrected chi connectivity index (χ2v) is 34.7. The van der Waals surface area contributed by atoms with E-state index in [0.717, 1.165) is 48.1 Å². The predicted octanol–water partition coefficient (Wildman–Crippen LogP) is 15.4. The lowest BCUT2D eigenvalue weighted by Crippen LogP contribution is -2.41. The fourth-order valence-corrected chi connectivity index (χ4v) is 15.2. The number of hydrogen-bond acceptors (Lipinski definition) is 23. The lowest BCUT2D eigenvalue weighted by atomic mass is 10.2. The van der Waals surface area contributed by atoms with E-state index in [2.05, 4.69) is 65.1 Å². The Morgan fingerprint density at radius 1 is 0.390 bits per heavy atom. The average molecular weight is 2220 g/mol. The van der Waals surface area contributed by atoms with Gasteiger partial charge in [0, 0.05) is 110 Å². The molecule has 8 N–H and O–H groups in total. The molecule has 0 aliphatic heterocycles. The van der Waals surface area contributed by atoms with Crippen molar-refractivity contribution in [3.63, 3.8) is 0 Å². The van der Waals surface area contributed by atoms with Gasteiger partial charge in [0.1, 0.15) is 29.8 Å². The largest absolute Gasteiger partial charge is 0.508 e. The summed E-state index contributed by atoms with van der Waals surface area (Å²) < 4.78 is 29.0. The molecule has 0 atom stereocenters. The number of alkyl halides is 1. The molecule has 0 aliphatic carbocycles. The Morgan fingerprint density at radius 3 is 1.06 bits per heavy atom. The van der Waals surface area contributed by atoms with Crippen molar-refractivity contribution in [3.05, 3.63) is 323 Å². The van der Waals surface area contributed by atoms with E-state index >= 15 is 0 Å². The first-order valence-electron chi connectivity index (χ1n) is 44.2. The zero-order valence-electron chi connectivity index (χ0n) is 77.8. The zero-order valence-corrected chi connectivity index (χ0v) is 86.2. The number of phenolic OH excluding ortho intramolecular Hbond substituents is 1. The van der Waals surface area contributed by atoms with Gasteiger partial charge >= 0.3 is 34.8 Å². The molecule has 8 aromatic heterocycles. The van der Waals surface area contributed by atoms with E-state index < -0.39 is 45.0 Å². The topological polar surface area (TPSA) is 441 Å². The number of aromatic nitrogens is 16. The molecule has 0 saturated carbocycles. The summed E-state index contributed by atoms with van der Waals surface area (Å²) in [7, 11) is 5.49. The Labute approximate surface area is 867 Å². The monoisotopic (exact) mass is 2210 g/mol. The number of H-pyrrole nitrogens is 1. The van der Waals surface area contributed by atoms with Crippen LogP contribution in [0.25, 0.3) is 44.7 Å². The van der Waals surface area contributed by atoms with E-state index in [1.54, 1.807) is 98.6 Å². The quantitative estimate of drug-likeness (QED) is 0.00839. The Kier molecular flexibility index (Phi) is 49.5. The number of carbonyl (C=O) groups is 2. The molecule has 15 rings (SSSR count). The van der Waals surface area contributed by atoms with Crippen LogP contribution >= 0.6 is 117 Å². The number of aliphatic hydroxyl groups is 4. The molecule has 35 nitrogen and oxygen atoms in total. The van der Waals surface area contributed by atoms with Crippen LogP contribution < -0.4 is 60.2 Å². The van der Waals surface area contributed by atoms with E-state index in [1.807, 2.05) is 108 Å². The fraction of sp³-hybridized carbons (Fsp3) is 0.340. The number of benzene rings is 7. The first kappa shape index (κ1) is 118. The van der Waals surface area contributed by atoms with Gasteiger partial charge in [-0.1, -0.05) is 189 Å². The average Bonchev–Trinajstić information content (AvgIpc) is 1.60. The summed E-state index contributed by atoms with van der Waals surface area (Å²) in [6, 6.07) is 49.6. The normalized spacial score (nSPS) is 10.7. The number of aromatic hydroxyl groups is 1. The fourth-order valence-electron chi connectivity index (χ4n) is 14.3. The van der Waals surface area contributed by atoms with Crippen molar-refractivity contribution < 1.29 is 44.6 Å². The number of halogens is 9. The molecule has 0 amide bonds. The number of fused-ring (bicyclic) bond motifs is 4. The van der Waals surface area contributed by atoms with Crippen LogP contribution in [0.15, 0.2) is 208 Å². The highest BCUT2D eigenvalue weighted by Gasteiger charge is 2.28. The number of aliphatic hydroxyl groups excluding tert-OH is 4. The molecule has 0 bridgehead atoms. The van der Waals surface area contributed by atoms with Crippen molar-refractivity contribution in [3.8, 4) is 29.3 Å². The SMILES string of the molecule is C.CCCI.CCCn1c(=O)n(CCCO)c(=O)c2c1nc(Cl)n2Cc1ccc(Cl)cc1.CCCn1c(=O)n(CCCO)c(=O)c2c1nc(Oc1cccc(C=O)c1)n2Cc1ccc(Cl)cc1.CCCn1c(=O)n(CCCO)c(=O)c2c1nc(Oc1cccc(CN(C)C)c1)n2Cc1ccc(Cl)cc1.CN.Cl.Cl.O=Cc1cccc(O)c1.O=c1[nH]c2nc(Cl)n(Cc3ccc(Cl)cc3)c2c(=O)n1CCCO. The van der Waals surface area contributed by atoms with Gasteiger partial charge in [-0.25, -0.2) is 19.2 Å². The van der Waals surface area contributed by atoms with Gasteiger partial charge in [0.2, 0.25) is 10.6 Å². The van der Waals surface area contributed by atoms with Gasteiger partial charge in [-0.15, -0.1) is 24.8 Å². The van der Waals surface area contributed by atoms with Gasteiger partial charge in [-0.05, 0) is 213 Å². The van der Waals surface area contributed by atoms with Crippen molar-refractivity contribution in [2.45, 2.75) is 165 Å². The molecule has 0 fully saturated rings. The highest BCUT2D eigenvalue weighted by molar-refractivity contribution is 14.1. The van der Waals surface area contributed by atoms with Gasteiger partial charge in [0.05, 0.1) is 26.2 Å². The Hall–Kier alpha value is -11.3. The van der Waals surface area contributed by atoms with Crippen molar-refractivity contribution >= 4 is 174 Å². The maximum Gasteiger partial charge on any atom is 0.332 e. The predicted molar refractivity (Wildman–Crippen MR) is 569 cm³/mol. The number of imidazole rings is 4. The summed E-state index contributed by atoms with van der Waals surface area (Å²) in [5.41, 5.74) is 8.07. The number of hydrogen-bond donors (Lipinski definition) is 7. The van der Waals surface area contributed by atoms with E-state index in [4.69, 9.17) is 94.4 Å². The van der Waals surface area contributed by atoms with Gasteiger partial charge in [-0.2, -0.15) is 19.9 Å². The van der Waals surface area contributed by atoms with E-state index in [9.17, 15) is 58.2 Å². The summed E-state index contributed by atoms with van der Waals surface area (Å²) >= 11 is 38.7. The minimum absolute atomic E-state index is 0. The molecule has 0 radical (unpaired) electrons. The molecule has 7 aromatic carbocycles. The number of aryl methyl sites for hydroxylation is 3. The summed E-state index contributed by atoms with van der Waals surface area (Å²) in [6.45, 7) is 11.0. The van der Waals surface area contributed by atoms with Crippen LogP contribution in [0.2, 0.25) is 30.7 Å². The summed E-state index contributed by atoms with van der Waals surface area (Å²) in [5, 5.41) is 48.1. The van der Waals surface area contributed by atoms with Crippen molar-refractivity contribution in [1.82, 2.24) is 80.1 Å². The van der Waals surface area contributed by atoms with E-state index in [0.29, 0.717) is 133 Å². The minimum Gasteiger partial charge on any atom is -0.508 e. The van der Waals surface area contributed by atoms with E-state index in [1.165, 1.54) is 52.9 Å². The molecule has 15 aromatic rings. The number of carbonyl (C=O) groups excluding carboxylic acids is 2. The number of nitrogens with zero attached hydrogens (tertiary/aromatic N) is 16. The first-order chi connectivity index (χ1) is 66.5. The molecule has 0 saturated heterocycles. The van der Waals surface area contributed by atoms with E-state index in [-0.39, 0.29) is 171 Å². The van der Waals surface area contributed by atoms with Gasteiger partial charge in [0.15, 0.2) is 44.7 Å². The van der Waals surface area contributed by atoms with Crippen LogP contribution in [0.1, 0.15) is 135 Å². The number of rotatable bonds is 35. The number of aromatic amines is 1. The van der Waals surface area contributed by atoms with Crippen LogP contribution in [-0.4, -0.2) is 170 Å². The van der Waals surface area contributed by atoms with Crippen LogP contribution in [-0.2, 0) is 78.5 Å². The molecule has 8 heterocycles. The van der Waals surface area contributed by atoms with Crippen molar-refractivity contribution in [2.24, 2.45) is 5.73 Å². The maximum absolute atomic E-state index is 13.6. The second-order valence-electron chi connectivity index (χ2n) is 31.2. The highest BCUT2D eigenvalue weighted by Crippen LogP contribution is 2.31. The van der Waals surface area contributed by atoms with Gasteiger partial charge in [0.25, 0.3) is 22.2 Å². The molecule has 141 heavy (non-hydrogen) atoms. The van der Waals surface area contributed by atoms with Crippen LogP contribution in [0, 0.1) is 0 Å². The third-order valence-corrected chi connectivity index (χ3v) is 23.3. The van der Waals surface area contributed by atoms with Gasteiger partial charge < -0.3 is 54.8 Å². The number of nitrogens with two attached hydrogens (primary N) is 1. The van der Waals surface area contributed by atoms with Crippen LogP contribution in [0.3, 0.4) is 0 Å². The van der Waals surface area contributed by atoms with Gasteiger partial charge in [-0.3, -0.25) is 74.9 Å². The van der Waals surface area contributed by atoms with Crippen molar-refractivity contribution in [2.75, 3.05) is 52.0 Å². The number of nitrogens with one attached hydrogen (secondary N) is 1. The van der Waals surface area contributed by atoms with Crippen LogP contribution in [0.4, 0.5) is 0 Å². The summed E-state index contributed by atoms with van der Waals surface area (Å²) in [6.07, 6.45) is 5.91. The molecule has 0 aliphatic rings. The van der Waals surface area contributed by atoms with Crippen molar-refractivity contribution in [1.29, 1.82) is 0 Å². The highest BCUT2D eigenvalue weighted by atomic mass is 127. The molecular weight excluding hydrogens is 2100 g/mol. The molecule has 0 unspecified atom stereocenters. The number of phenols is 1. The molecule has 44 heteroatoms. The summed E-state index contributed by atoms with van der Waals surface area (Å²) in [5.74, 6) is 1.07. The lowest BCUT2D eigenvalue weighted by Gasteiger charge is -2.13. The number of ether oxygens (including phenoxy) is 2. The zero-order chi connectivity index (χ0) is 100.